The van der Waals surface area contributed by atoms with Gasteiger partial charge in [-0.05, 0) is 0 Å². The van der Waals surface area contributed by atoms with Gasteiger partial charge in [0.05, 0.1) is 0 Å². The van der Waals surface area contributed by atoms with E-state index in [1.54, 1.807) is 8.90 Å². The average molecular weight is 432 g/mol. The van der Waals surface area contributed by atoms with Crippen molar-refractivity contribution in [1.29, 1.82) is 0 Å². The molecule has 1 aliphatic rings. The van der Waals surface area contributed by atoms with Crippen LogP contribution in [0.2, 0.25) is 0 Å². The van der Waals surface area contributed by atoms with E-state index >= 15 is 0 Å². The summed E-state index contributed by atoms with van der Waals surface area (Å²) in [5.74, 6) is 0. The van der Waals surface area contributed by atoms with Gasteiger partial charge in [-0.15, -0.1) is 0 Å². The molecule has 110 valence electrons. The van der Waals surface area contributed by atoms with Crippen LogP contribution in [0.3, 0.4) is 0 Å². The van der Waals surface area contributed by atoms with Crippen LogP contribution < -0.4 is 0 Å². The van der Waals surface area contributed by atoms with Gasteiger partial charge in [0.25, 0.3) is 0 Å². The Morgan fingerprint density at radius 3 is 1.63 bits per heavy atom. The van der Waals surface area contributed by atoms with Crippen molar-refractivity contribution in [3.05, 3.63) is 21.1 Å². The summed E-state index contributed by atoms with van der Waals surface area (Å²) in [6.07, 6.45) is 5.84. The van der Waals surface area contributed by atoms with E-state index in [0.29, 0.717) is 0 Å². The maximum atomic E-state index is 2.53. The van der Waals surface area contributed by atoms with Crippen LogP contribution in [0.25, 0.3) is 0 Å². The van der Waals surface area contributed by atoms with Gasteiger partial charge in [0.15, 0.2) is 0 Å². The summed E-state index contributed by atoms with van der Waals surface area (Å²) in [5.41, 5.74) is 1.79. The summed E-state index contributed by atoms with van der Waals surface area (Å²) >= 11 is -3.02. The van der Waals surface area contributed by atoms with Gasteiger partial charge in [0.1, 0.15) is 0 Å². The Morgan fingerprint density at radius 1 is 0.895 bits per heavy atom. The molecule has 0 radical (unpaired) electrons. The Labute approximate surface area is 125 Å². The molecule has 3 nitrogen and oxygen atoms in total. The van der Waals surface area contributed by atoms with Crippen LogP contribution in [0.15, 0.2) is 21.1 Å². The minimum atomic E-state index is -3.02. The topological polar surface area (TPSA) is 9.72 Å². The number of nitrogens with zero attached hydrogens (tertiary/aromatic N) is 3. The van der Waals surface area contributed by atoms with E-state index in [1.165, 1.54) is 0 Å². The predicted octanol–water partition coefficient (Wildman–Crippen LogP) is 2.83. The second-order valence-corrected chi connectivity index (χ2v) is 23.4. The van der Waals surface area contributed by atoms with Crippen LogP contribution in [-0.4, -0.2) is 50.9 Å². The Morgan fingerprint density at radius 2 is 1.32 bits per heavy atom. The maximum absolute atomic E-state index is 3.02. The SMILES string of the molecule is C[N](C)[Hf]([C]1=C(C(C)(C)C)C=CC1)([N](C)C)[N](C)C. The van der Waals surface area contributed by atoms with Gasteiger partial charge in [-0.25, -0.2) is 0 Å². The van der Waals surface area contributed by atoms with Gasteiger partial charge in [-0.1, -0.05) is 0 Å². The quantitative estimate of drug-likeness (QED) is 0.634. The number of hydrogen-bond donors (Lipinski definition) is 0. The van der Waals surface area contributed by atoms with Crippen LogP contribution in [-0.2, 0) is 20.8 Å². The zero-order chi connectivity index (χ0) is 15.0. The second kappa shape index (κ2) is 5.92. The van der Waals surface area contributed by atoms with E-state index in [0.717, 1.165) is 6.42 Å². The third kappa shape index (κ3) is 2.97. The van der Waals surface area contributed by atoms with E-state index in [4.69, 9.17) is 0 Å². The molecule has 4 heteroatoms. The van der Waals surface area contributed by atoms with Crippen molar-refractivity contribution >= 4 is 0 Å². The van der Waals surface area contributed by atoms with Gasteiger partial charge >= 0.3 is 125 Å². The number of hydrogen-bond acceptors (Lipinski definition) is 3. The molecule has 0 fully saturated rings. The molecule has 0 aromatic rings. The fourth-order valence-electron chi connectivity index (χ4n) is 3.54. The molecule has 0 aromatic carbocycles. The molecule has 0 saturated heterocycles. The summed E-state index contributed by atoms with van der Waals surface area (Å²) in [7, 11) is 13.5. The van der Waals surface area contributed by atoms with Gasteiger partial charge < -0.3 is 0 Å². The molecule has 0 atom stereocenters. The Bertz CT molecular complexity index is 365. The first-order chi connectivity index (χ1) is 8.56. The van der Waals surface area contributed by atoms with E-state index in [2.05, 4.69) is 83.9 Å². The molecule has 0 unspecified atom stereocenters. The first-order valence-electron chi connectivity index (χ1n) is 6.99. The third-order valence-corrected chi connectivity index (χ3v) is 22.1. The fraction of sp³-hybridized carbons (Fsp3) is 0.733. The predicted molar refractivity (Wildman–Crippen MR) is 81.3 cm³/mol. The van der Waals surface area contributed by atoms with E-state index < -0.39 is 20.8 Å². The summed E-state index contributed by atoms with van der Waals surface area (Å²) in [6.45, 7) is 6.99. The Kier molecular flexibility index (Phi) is 5.39. The molecule has 0 heterocycles. The number of allylic oxidation sites excluding steroid dienone is 4. The molecule has 0 spiro atoms. The van der Waals surface area contributed by atoms with Gasteiger partial charge in [-0.2, -0.15) is 0 Å². The first-order valence-corrected chi connectivity index (χ1v) is 13.6. The molecule has 0 N–H and O–H groups in total. The summed E-state index contributed by atoms with van der Waals surface area (Å²) < 4.78 is 9.29. The monoisotopic (exact) mass is 433 g/mol. The average Bonchev–Trinajstić information content (AvgIpc) is 2.64. The van der Waals surface area contributed by atoms with Crippen molar-refractivity contribution in [2.75, 3.05) is 42.3 Å². The van der Waals surface area contributed by atoms with E-state index in [-0.39, 0.29) is 5.41 Å². The van der Waals surface area contributed by atoms with Gasteiger partial charge in [-0.3, -0.25) is 0 Å². The zero-order valence-electron chi connectivity index (χ0n) is 14.2. The third-order valence-electron chi connectivity index (χ3n) is 4.02. The van der Waals surface area contributed by atoms with Crippen LogP contribution >= 0.6 is 0 Å². The van der Waals surface area contributed by atoms with Crippen molar-refractivity contribution in [2.45, 2.75) is 27.2 Å². The van der Waals surface area contributed by atoms with Crippen LogP contribution in [0.5, 0.6) is 0 Å². The zero-order valence-corrected chi connectivity index (χ0v) is 17.8. The van der Waals surface area contributed by atoms with Crippen molar-refractivity contribution in [2.24, 2.45) is 5.41 Å². The van der Waals surface area contributed by atoms with E-state index in [1.807, 2.05) is 0 Å². The molecular weight excluding hydrogens is 401 g/mol. The fourth-order valence-corrected chi connectivity index (χ4v) is 22.3. The molecule has 0 bridgehead atoms. The molecular formula is C15H31HfN3. The van der Waals surface area contributed by atoms with Crippen molar-refractivity contribution in [3.8, 4) is 0 Å². The second-order valence-electron chi connectivity index (χ2n) is 7.07. The van der Waals surface area contributed by atoms with Crippen LogP contribution in [0, 0.1) is 5.41 Å². The van der Waals surface area contributed by atoms with Gasteiger partial charge in [0, 0.05) is 0 Å². The van der Waals surface area contributed by atoms with E-state index in [9.17, 15) is 0 Å². The van der Waals surface area contributed by atoms with Crippen LogP contribution in [0.4, 0.5) is 0 Å². The molecule has 0 aromatic heterocycles. The first kappa shape index (κ1) is 17.3. The standard InChI is InChI=1S/C9H13.3C2H6N.Hf/c1-9(2,3)8-6-4-5-7-8;3*1-3-2;/h4,6H,5H2,1-3H3;3*1-2H3;/q;3*-1;+3. The van der Waals surface area contributed by atoms with Crippen molar-refractivity contribution in [1.82, 2.24) is 8.66 Å². The summed E-state index contributed by atoms with van der Waals surface area (Å²) in [5, 5.41) is 0. The van der Waals surface area contributed by atoms with Crippen LogP contribution in [0.1, 0.15) is 27.2 Å². The number of rotatable bonds is 4. The van der Waals surface area contributed by atoms with Crippen molar-refractivity contribution in [3.63, 3.8) is 0 Å². The Hall–Kier alpha value is 0.230. The molecule has 0 amide bonds. The summed E-state index contributed by atoms with van der Waals surface area (Å²) in [6, 6.07) is 0. The normalized spacial score (nSPS) is 17.5. The summed E-state index contributed by atoms with van der Waals surface area (Å²) in [4.78, 5) is 0. The molecule has 0 aliphatic heterocycles. The molecule has 0 saturated carbocycles. The molecule has 19 heavy (non-hydrogen) atoms. The van der Waals surface area contributed by atoms with Crippen molar-refractivity contribution < 1.29 is 20.8 Å². The molecule has 1 aliphatic carbocycles. The minimum absolute atomic E-state index is 0.232. The van der Waals surface area contributed by atoms with Gasteiger partial charge in [0.2, 0.25) is 0 Å². The molecule has 1 rings (SSSR count). The Balaban J connectivity index is 3.51.